The highest BCUT2D eigenvalue weighted by Crippen LogP contribution is 2.72. The van der Waals surface area contributed by atoms with Crippen LogP contribution in [0.1, 0.15) is 12.8 Å². The van der Waals surface area contributed by atoms with E-state index in [1.54, 1.807) is 31.4 Å². The van der Waals surface area contributed by atoms with Gasteiger partial charge in [0, 0.05) is 11.8 Å². The SMILES string of the molecule is COc1cccc(NC(=O)[C@H]2[C@@H](C(=O)O)[C@H]3C=C[C@H]2C32CC2)c1. The zero-order chi connectivity index (χ0) is 16.2. The summed E-state index contributed by atoms with van der Waals surface area (Å²) in [6.07, 6.45) is 6.14. The number of benzene rings is 1. The molecule has 2 saturated carbocycles. The van der Waals surface area contributed by atoms with Crippen LogP contribution in [0, 0.1) is 29.1 Å². The molecule has 2 bridgehead atoms. The van der Waals surface area contributed by atoms with Crippen LogP contribution in [0.4, 0.5) is 5.69 Å². The van der Waals surface area contributed by atoms with Crippen LogP contribution in [0.2, 0.25) is 0 Å². The second-order valence-corrected chi connectivity index (χ2v) is 6.78. The highest BCUT2D eigenvalue weighted by Gasteiger charge is 2.70. The molecule has 0 saturated heterocycles. The molecule has 0 heterocycles. The molecule has 120 valence electrons. The van der Waals surface area contributed by atoms with E-state index in [0.29, 0.717) is 11.4 Å². The largest absolute Gasteiger partial charge is 0.497 e. The minimum Gasteiger partial charge on any atom is -0.497 e. The smallest absolute Gasteiger partial charge is 0.307 e. The summed E-state index contributed by atoms with van der Waals surface area (Å²) in [6, 6.07) is 7.12. The number of ether oxygens (including phenoxy) is 1. The van der Waals surface area contributed by atoms with Crippen LogP contribution in [-0.4, -0.2) is 24.1 Å². The average molecular weight is 313 g/mol. The van der Waals surface area contributed by atoms with Gasteiger partial charge >= 0.3 is 5.97 Å². The molecule has 1 amide bonds. The molecule has 2 fully saturated rings. The van der Waals surface area contributed by atoms with Gasteiger partial charge in [0.1, 0.15) is 5.75 Å². The van der Waals surface area contributed by atoms with Crippen molar-refractivity contribution in [2.45, 2.75) is 12.8 Å². The number of carboxylic acids is 1. The molecular weight excluding hydrogens is 294 g/mol. The van der Waals surface area contributed by atoms with E-state index in [4.69, 9.17) is 4.74 Å². The number of allylic oxidation sites excluding steroid dienone is 2. The van der Waals surface area contributed by atoms with Crippen molar-refractivity contribution in [3.63, 3.8) is 0 Å². The second kappa shape index (κ2) is 4.85. The molecule has 1 aromatic rings. The van der Waals surface area contributed by atoms with Gasteiger partial charge in [-0.3, -0.25) is 9.59 Å². The maximum Gasteiger partial charge on any atom is 0.307 e. The molecule has 3 aliphatic carbocycles. The predicted molar refractivity (Wildman–Crippen MR) is 84.0 cm³/mol. The fourth-order valence-electron chi connectivity index (χ4n) is 4.62. The summed E-state index contributed by atoms with van der Waals surface area (Å²) in [5.74, 6) is -1.45. The Hall–Kier alpha value is -2.30. The van der Waals surface area contributed by atoms with E-state index < -0.39 is 17.8 Å². The molecule has 23 heavy (non-hydrogen) atoms. The molecule has 2 N–H and O–H groups in total. The molecule has 0 aliphatic heterocycles. The molecule has 0 aromatic heterocycles. The summed E-state index contributed by atoms with van der Waals surface area (Å²) < 4.78 is 5.16. The van der Waals surface area contributed by atoms with Gasteiger partial charge in [0.25, 0.3) is 0 Å². The van der Waals surface area contributed by atoms with Gasteiger partial charge in [-0.1, -0.05) is 18.2 Å². The molecule has 1 spiro atoms. The summed E-state index contributed by atoms with van der Waals surface area (Å²) in [6.45, 7) is 0. The van der Waals surface area contributed by atoms with Crippen LogP contribution in [0.5, 0.6) is 5.75 Å². The van der Waals surface area contributed by atoms with E-state index in [1.807, 2.05) is 6.08 Å². The quantitative estimate of drug-likeness (QED) is 0.838. The number of amides is 1. The highest BCUT2D eigenvalue weighted by molar-refractivity contribution is 5.96. The Morgan fingerprint density at radius 3 is 2.52 bits per heavy atom. The van der Waals surface area contributed by atoms with Gasteiger partial charge < -0.3 is 15.2 Å². The summed E-state index contributed by atoms with van der Waals surface area (Å²) in [7, 11) is 1.57. The average Bonchev–Trinajstić information content (AvgIpc) is 3.20. The Morgan fingerprint density at radius 2 is 1.91 bits per heavy atom. The fraction of sp³-hybridized carbons (Fsp3) is 0.444. The minimum atomic E-state index is -0.862. The highest BCUT2D eigenvalue weighted by atomic mass is 16.5. The number of carbonyl (C=O) groups excluding carboxylic acids is 1. The van der Waals surface area contributed by atoms with E-state index in [0.717, 1.165) is 12.8 Å². The first-order chi connectivity index (χ1) is 11.1. The van der Waals surface area contributed by atoms with Crippen molar-refractivity contribution in [3.8, 4) is 5.75 Å². The second-order valence-electron chi connectivity index (χ2n) is 6.78. The molecular formula is C18H19NO4. The van der Waals surface area contributed by atoms with Crippen molar-refractivity contribution in [2.75, 3.05) is 12.4 Å². The Kier molecular flexibility index (Phi) is 3.01. The first-order valence-corrected chi connectivity index (χ1v) is 7.93. The van der Waals surface area contributed by atoms with Gasteiger partial charge in [0.05, 0.1) is 18.9 Å². The number of aliphatic carboxylic acids is 1. The maximum absolute atomic E-state index is 12.8. The van der Waals surface area contributed by atoms with E-state index in [9.17, 15) is 14.7 Å². The summed E-state index contributed by atoms with van der Waals surface area (Å²) >= 11 is 0. The number of rotatable bonds is 4. The van der Waals surface area contributed by atoms with Gasteiger partial charge in [-0.15, -0.1) is 0 Å². The van der Waals surface area contributed by atoms with Gasteiger partial charge in [-0.05, 0) is 42.2 Å². The number of methoxy groups -OCH3 is 1. The van der Waals surface area contributed by atoms with E-state index in [1.165, 1.54) is 0 Å². The maximum atomic E-state index is 12.8. The Morgan fingerprint density at radius 1 is 1.22 bits per heavy atom. The summed E-state index contributed by atoms with van der Waals surface area (Å²) in [5, 5.41) is 12.5. The summed E-state index contributed by atoms with van der Waals surface area (Å²) in [4.78, 5) is 24.5. The van der Waals surface area contributed by atoms with Crippen molar-refractivity contribution in [1.82, 2.24) is 0 Å². The van der Waals surface area contributed by atoms with Crippen LogP contribution in [-0.2, 0) is 9.59 Å². The van der Waals surface area contributed by atoms with Crippen molar-refractivity contribution in [3.05, 3.63) is 36.4 Å². The molecule has 3 aliphatic rings. The summed E-state index contributed by atoms with van der Waals surface area (Å²) in [5.41, 5.74) is 0.675. The van der Waals surface area contributed by atoms with Gasteiger partial charge in [0.2, 0.25) is 5.91 Å². The molecule has 1 aromatic carbocycles. The first-order valence-electron chi connectivity index (χ1n) is 7.93. The normalized spacial score (nSPS) is 32.0. The zero-order valence-corrected chi connectivity index (χ0v) is 12.9. The van der Waals surface area contributed by atoms with Gasteiger partial charge in [-0.2, -0.15) is 0 Å². The molecule has 0 unspecified atom stereocenters. The van der Waals surface area contributed by atoms with Crippen LogP contribution in [0.25, 0.3) is 0 Å². The van der Waals surface area contributed by atoms with E-state index in [2.05, 4.69) is 11.4 Å². The van der Waals surface area contributed by atoms with Crippen LogP contribution in [0.3, 0.4) is 0 Å². The fourth-order valence-corrected chi connectivity index (χ4v) is 4.62. The standard InChI is InChI=1S/C18H19NO4/c1-23-11-4-2-3-10(9-11)19-16(20)14-12-5-6-13(15(14)17(21)22)18(12)7-8-18/h2-6,9,12-15H,7-8H2,1H3,(H,19,20)(H,21,22)/t12-,13-,14-,15+/m1/s1. The molecule has 4 rings (SSSR count). The predicted octanol–water partition coefficient (Wildman–Crippen LogP) is 2.55. The van der Waals surface area contributed by atoms with E-state index >= 15 is 0 Å². The number of carbonyl (C=O) groups is 2. The molecule has 4 atom stereocenters. The number of carboxylic acid groups (broad SMARTS) is 1. The number of hydrogen-bond donors (Lipinski definition) is 2. The van der Waals surface area contributed by atoms with E-state index in [-0.39, 0.29) is 23.2 Å². The number of nitrogens with one attached hydrogen (secondary N) is 1. The van der Waals surface area contributed by atoms with Crippen LogP contribution >= 0.6 is 0 Å². The number of hydrogen-bond acceptors (Lipinski definition) is 3. The van der Waals surface area contributed by atoms with Gasteiger partial charge in [-0.25, -0.2) is 0 Å². The Balaban J connectivity index is 1.60. The number of anilines is 1. The minimum absolute atomic E-state index is 0.00561. The van der Waals surface area contributed by atoms with Crippen molar-refractivity contribution in [1.29, 1.82) is 0 Å². The Bertz CT molecular complexity index is 707. The lowest BCUT2D eigenvalue weighted by molar-refractivity contribution is -0.146. The lowest BCUT2D eigenvalue weighted by Gasteiger charge is -2.23. The monoisotopic (exact) mass is 313 g/mol. The molecule has 5 heteroatoms. The molecule has 0 radical (unpaired) electrons. The third-order valence-electron chi connectivity index (χ3n) is 5.77. The van der Waals surface area contributed by atoms with Gasteiger partial charge in [0.15, 0.2) is 0 Å². The Labute approximate surface area is 134 Å². The van der Waals surface area contributed by atoms with Crippen LogP contribution in [0.15, 0.2) is 36.4 Å². The lowest BCUT2D eigenvalue weighted by Crippen LogP contribution is -2.36. The third kappa shape index (κ3) is 1.99. The molecule has 5 nitrogen and oxygen atoms in total. The lowest BCUT2D eigenvalue weighted by atomic mass is 9.82. The van der Waals surface area contributed by atoms with Crippen molar-refractivity contribution in [2.24, 2.45) is 29.1 Å². The van der Waals surface area contributed by atoms with Crippen molar-refractivity contribution < 1.29 is 19.4 Å². The zero-order valence-electron chi connectivity index (χ0n) is 12.9. The van der Waals surface area contributed by atoms with Crippen molar-refractivity contribution >= 4 is 17.6 Å². The topological polar surface area (TPSA) is 75.6 Å². The van der Waals surface area contributed by atoms with Crippen LogP contribution < -0.4 is 10.1 Å². The first kappa shape index (κ1) is 14.3. The third-order valence-corrected chi connectivity index (χ3v) is 5.77.